The fourth-order valence-electron chi connectivity index (χ4n) is 12.1. The minimum absolute atomic E-state index is 0.106. The van der Waals surface area contributed by atoms with Gasteiger partial charge in [-0.15, -0.1) is 0 Å². The molecule has 0 aliphatic carbocycles. The molecule has 5 atom stereocenters. The Hall–Kier alpha value is -1.94. The number of rotatable bonds is 76. The summed E-state index contributed by atoms with van der Waals surface area (Å²) in [5.41, 5.74) is 0. The van der Waals surface area contributed by atoms with E-state index in [0.717, 1.165) is 115 Å². The standard InChI is InChI=1S/C79H154O17P2/c1-69(2)55-47-39-31-26-22-18-14-11-9-10-12-16-20-24-28-34-45-53-61-78(83)95-74(65-89-76(81)59-51-43-36-30-33-41-49-57-71(5)6)67-93-97(85,86)91-63-73(80)64-92-98(87,88)94-68-75(66-90-77(82)60-52-44-38-37-42-50-58-72(7)8)96-79(84)62-54-46-35-29-25-21-17-13-15-19-23-27-32-40-48-56-70(3)4/h69-75,80H,9-68H2,1-8H3,(H,85,86)(H,87,88)/t73?,74-,75-/m1/s1. The van der Waals surface area contributed by atoms with Gasteiger partial charge in [-0.1, -0.05) is 351 Å². The van der Waals surface area contributed by atoms with E-state index in [4.69, 9.17) is 37.0 Å². The van der Waals surface area contributed by atoms with Crippen molar-refractivity contribution in [1.29, 1.82) is 0 Å². The lowest BCUT2D eigenvalue weighted by molar-refractivity contribution is -0.161. The van der Waals surface area contributed by atoms with Gasteiger partial charge in [-0.2, -0.15) is 0 Å². The van der Waals surface area contributed by atoms with Gasteiger partial charge in [0.15, 0.2) is 12.2 Å². The molecule has 0 fully saturated rings. The monoisotopic (exact) mass is 1440 g/mol. The van der Waals surface area contributed by atoms with Gasteiger partial charge in [-0.25, -0.2) is 9.13 Å². The summed E-state index contributed by atoms with van der Waals surface area (Å²) >= 11 is 0. The van der Waals surface area contributed by atoms with Crippen LogP contribution >= 0.6 is 15.6 Å². The van der Waals surface area contributed by atoms with Crippen LogP contribution in [0.3, 0.4) is 0 Å². The largest absolute Gasteiger partial charge is 0.472 e. The molecule has 0 amide bonds. The molecule has 0 radical (unpaired) electrons. The molecular formula is C79H154O17P2. The Morgan fingerprint density at radius 1 is 0.255 bits per heavy atom. The highest BCUT2D eigenvalue weighted by Gasteiger charge is 2.30. The number of hydrogen-bond acceptors (Lipinski definition) is 15. The van der Waals surface area contributed by atoms with Crippen molar-refractivity contribution in [1.82, 2.24) is 0 Å². The van der Waals surface area contributed by atoms with Crippen LogP contribution in [0.5, 0.6) is 0 Å². The molecule has 0 heterocycles. The van der Waals surface area contributed by atoms with Gasteiger partial charge in [0.2, 0.25) is 0 Å². The minimum atomic E-state index is -4.96. The summed E-state index contributed by atoms with van der Waals surface area (Å²) in [4.78, 5) is 72.8. The zero-order valence-corrected chi connectivity index (χ0v) is 66.2. The average Bonchev–Trinajstić information content (AvgIpc) is 0.979. The first-order chi connectivity index (χ1) is 47.1. The second-order valence-electron chi connectivity index (χ2n) is 30.4. The van der Waals surface area contributed by atoms with Crippen LogP contribution in [0.2, 0.25) is 0 Å². The maximum Gasteiger partial charge on any atom is 0.472 e. The third-order valence-electron chi connectivity index (χ3n) is 18.3. The summed E-state index contributed by atoms with van der Waals surface area (Å²) in [6, 6.07) is 0. The lowest BCUT2D eigenvalue weighted by Crippen LogP contribution is -2.30. The van der Waals surface area contributed by atoms with Crippen LogP contribution in [-0.2, 0) is 65.4 Å². The normalized spacial score (nSPS) is 14.1. The van der Waals surface area contributed by atoms with E-state index < -0.39 is 97.5 Å². The zero-order valence-electron chi connectivity index (χ0n) is 64.4. The van der Waals surface area contributed by atoms with Crippen molar-refractivity contribution >= 4 is 39.5 Å². The van der Waals surface area contributed by atoms with Gasteiger partial charge >= 0.3 is 39.5 Å². The number of phosphoric acid groups is 2. The minimum Gasteiger partial charge on any atom is -0.462 e. The van der Waals surface area contributed by atoms with E-state index in [1.165, 1.54) is 193 Å². The Morgan fingerprint density at radius 3 is 0.633 bits per heavy atom. The molecule has 0 bridgehead atoms. The molecule has 0 aliphatic rings. The van der Waals surface area contributed by atoms with E-state index >= 15 is 0 Å². The summed E-state index contributed by atoms with van der Waals surface area (Å²) in [6.07, 6.45) is 54.5. The summed E-state index contributed by atoms with van der Waals surface area (Å²) < 4.78 is 68.5. The molecule has 0 aromatic heterocycles. The Kier molecular flexibility index (Phi) is 66.8. The number of esters is 4. The van der Waals surface area contributed by atoms with Crippen LogP contribution in [0.25, 0.3) is 0 Å². The van der Waals surface area contributed by atoms with Crippen molar-refractivity contribution in [2.24, 2.45) is 23.7 Å². The van der Waals surface area contributed by atoms with Crippen molar-refractivity contribution in [2.45, 2.75) is 420 Å². The predicted molar refractivity (Wildman–Crippen MR) is 400 cm³/mol. The van der Waals surface area contributed by atoms with Gasteiger partial charge in [0, 0.05) is 25.7 Å². The molecule has 3 N–H and O–H groups in total. The molecule has 0 aromatic carbocycles. The van der Waals surface area contributed by atoms with Crippen LogP contribution < -0.4 is 0 Å². The first kappa shape index (κ1) is 96.1. The van der Waals surface area contributed by atoms with Gasteiger partial charge in [0.25, 0.3) is 0 Å². The van der Waals surface area contributed by atoms with Crippen LogP contribution in [0.1, 0.15) is 402 Å². The molecule has 3 unspecified atom stereocenters. The molecule has 98 heavy (non-hydrogen) atoms. The van der Waals surface area contributed by atoms with Crippen molar-refractivity contribution in [3.63, 3.8) is 0 Å². The molecule has 0 rings (SSSR count). The topological polar surface area (TPSA) is 237 Å². The highest BCUT2D eigenvalue weighted by molar-refractivity contribution is 7.47. The lowest BCUT2D eigenvalue weighted by Gasteiger charge is -2.21. The van der Waals surface area contributed by atoms with Crippen LogP contribution in [0, 0.1) is 23.7 Å². The van der Waals surface area contributed by atoms with E-state index in [9.17, 15) is 43.2 Å². The van der Waals surface area contributed by atoms with E-state index in [1.807, 2.05) is 0 Å². The summed E-state index contributed by atoms with van der Waals surface area (Å²) in [5.74, 6) is 0.886. The number of aliphatic hydroxyl groups is 1. The van der Waals surface area contributed by atoms with Crippen LogP contribution in [0.15, 0.2) is 0 Å². The fraction of sp³-hybridized carbons (Fsp3) is 0.949. The first-order valence-electron chi connectivity index (χ1n) is 40.7. The number of hydrogen-bond donors (Lipinski definition) is 3. The van der Waals surface area contributed by atoms with Crippen molar-refractivity contribution in [3.8, 4) is 0 Å². The molecule has 19 heteroatoms. The van der Waals surface area contributed by atoms with Crippen molar-refractivity contribution in [2.75, 3.05) is 39.6 Å². The first-order valence-corrected chi connectivity index (χ1v) is 43.7. The molecule has 0 spiro atoms. The highest BCUT2D eigenvalue weighted by Crippen LogP contribution is 2.45. The number of carbonyl (C=O) groups is 4. The number of aliphatic hydroxyl groups excluding tert-OH is 1. The molecule has 582 valence electrons. The van der Waals surface area contributed by atoms with E-state index in [1.54, 1.807) is 0 Å². The highest BCUT2D eigenvalue weighted by atomic mass is 31.2. The molecule has 0 aromatic rings. The van der Waals surface area contributed by atoms with Gasteiger partial charge in [-0.3, -0.25) is 37.3 Å². The number of ether oxygens (including phenoxy) is 4. The van der Waals surface area contributed by atoms with Crippen molar-refractivity contribution in [3.05, 3.63) is 0 Å². The van der Waals surface area contributed by atoms with Gasteiger partial charge in [-0.05, 0) is 49.4 Å². The summed E-state index contributed by atoms with van der Waals surface area (Å²) in [7, 11) is -9.92. The molecule has 0 saturated heterocycles. The van der Waals surface area contributed by atoms with E-state index in [2.05, 4.69) is 55.4 Å². The van der Waals surface area contributed by atoms with E-state index in [-0.39, 0.29) is 25.7 Å². The van der Waals surface area contributed by atoms with Crippen LogP contribution in [-0.4, -0.2) is 96.7 Å². The Bertz CT molecular complexity index is 1920. The average molecular weight is 1440 g/mol. The quantitative estimate of drug-likeness (QED) is 0.0222. The van der Waals surface area contributed by atoms with Gasteiger partial charge in [0.05, 0.1) is 26.4 Å². The Morgan fingerprint density at radius 2 is 0.429 bits per heavy atom. The molecule has 0 aliphatic heterocycles. The summed E-state index contributed by atoms with van der Waals surface area (Å²) in [5, 5.41) is 10.6. The fourth-order valence-corrected chi connectivity index (χ4v) is 13.7. The van der Waals surface area contributed by atoms with Gasteiger partial charge in [0.1, 0.15) is 19.3 Å². The maximum atomic E-state index is 13.1. The number of phosphoric ester groups is 2. The summed E-state index contributed by atoms with van der Waals surface area (Å²) in [6.45, 7) is 14.1. The van der Waals surface area contributed by atoms with E-state index in [0.29, 0.717) is 37.5 Å². The smallest absolute Gasteiger partial charge is 0.462 e. The zero-order chi connectivity index (χ0) is 72.4. The van der Waals surface area contributed by atoms with Crippen LogP contribution in [0.4, 0.5) is 0 Å². The number of unbranched alkanes of at least 4 members (excludes halogenated alkanes) is 42. The van der Waals surface area contributed by atoms with Crippen molar-refractivity contribution < 1.29 is 80.2 Å². The number of carbonyl (C=O) groups excluding carboxylic acids is 4. The third kappa shape index (κ3) is 72.4. The Balaban J connectivity index is 5.15. The third-order valence-corrected chi connectivity index (χ3v) is 20.2. The SMILES string of the molecule is CC(C)CCCCCCCCCCCCCCCCCCCCC(=O)O[C@H](COC(=O)CCCCCCCCCC(C)C)COP(=O)(O)OCC(O)COP(=O)(O)OC[C@@H](COC(=O)CCCCCCCCC(C)C)OC(=O)CCCCCCCCCCCCCCCCCC(C)C. The lowest BCUT2D eigenvalue weighted by atomic mass is 10.0. The Labute approximate surface area is 600 Å². The van der Waals surface area contributed by atoms with Gasteiger partial charge < -0.3 is 33.8 Å². The predicted octanol–water partition coefficient (Wildman–Crippen LogP) is 23.2. The molecular weight excluding hydrogens is 1280 g/mol. The molecule has 0 saturated carbocycles. The maximum absolute atomic E-state index is 13.1. The molecule has 17 nitrogen and oxygen atoms in total. The second kappa shape index (κ2) is 68.2. The second-order valence-corrected chi connectivity index (χ2v) is 33.3.